The van der Waals surface area contributed by atoms with Crippen LogP contribution in [0.25, 0.3) is 11.1 Å². The molecule has 2 aromatic carbocycles. The summed E-state index contributed by atoms with van der Waals surface area (Å²) in [6, 6.07) is 11.5. The van der Waals surface area contributed by atoms with Gasteiger partial charge < -0.3 is 0 Å². The van der Waals surface area contributed by atoms with Gasteiger partial charge in [-0.1, -0.05) is 63.6 Å². The highest BCUT2D eigenvalue weighted by Crippen LogP contribution is 2.58. The molecule has 0 bridgehead atoms. The molecule has 0 radical (unpaired) electrons. The summed E-state index contributed by atoms with van der Waals surface area (Å²) in [4.78, 5) is 0. The minimum absolute atomic E-state index is 0.00189. The highest BCUT2D eigenvalue weighted by Gasteiger charge is 2.44. The normalized spacial score (nSPS) is 24.1. The summed E-state index contributed by atoms with van der Waals surface area (Å²) in [6.45, 7) is 9.00. The topological polar surface area (TPSA) is 0 Å². The lowest BCUT2D eigenvalue weighted by Gasteiger charge is -2.28. The number of fused-ring (bicyclic) bond motifs is 5. The van der Waals surface area contributed by atoms with Gasteiger partial charge in [0.2, 0.25) is 0 Å². The number of rotatable bonds is 1. The Morgan fingerprint density at radius 1 is 1.07 bits per heavy atom. The summed E-state index contributed by atoms with van der Waals surface area (Å²) >= 11 is 6.72. The molecule has 0 nitrogen and oxygen atoms in total. The first-order valence-electron chi connectivity index (χ1n) is 10.0. The average Bonchev–Trinajstić information content (AvgIpc) is 2.91. The van der Waals surface area contributed by atoms with Gasteiger partial charge in [-0.15, -0.1) is 0 Å². The smallest absolute Gasteiger partial charge is 0.123 e. The van der Waals surface area contributed by atoms with Gasteiger partial charge in [0.15, 0.2) is 0 Å². The van der Waals surface area contributed by atoms with Crippen molar-refractivity contribution in [2.75, 3.05) is 0 Å². The summed E-state index contributed by atoms with van der Waals surface area (Å²) in [7, 11) is 0. The van der Waals surface area contributed by atoms with Crippen molar-refractivity contribution in [2.45, 2.75) is 51.4 Å². The molecule has 142 valence electrons. The monoisotopic (exact) mass is 390 g/mol. The number of allylic oxidation sites excluding steroid dienone is 6. The van der Waals surface area contributed by atoms with Crippen LogP contribution in [0.15, 0.2) is 59.7 Å². The van der Waals surface area contributed by atoms with Gasteiger partial charge >= 0.3 is 0 Å². The van der Waals surface area contributed by atoms with Crippen molar-refractivity contribution >= 4 is 22.7 Å². The van der Waals surface area contributed by atoms with Crippen LogP contribution in [0.4, 0.5) is 4.39 Å². The molecule has 2 aromatic rings. The van der Waals surface area contributed by atoms with E-state index in [9.17, 15) is 4.39 Å². The molecule has 1 unspecified atom stereocenters. The highest BCUT2D eigenvalue weighted by atomic mass is 35.5. The summed E-state index contributed by atoms with van der Waals surface area (Å²) in [5, 5.41) is 0.821. The summed E-state index contributed by atoms with van der Waals surface area (Å²) in [5.74, 6) is -0.169. The maximum atomic E-state index is 14.0. The van der Waals surface area contributed by atoms with Gasteiger partial charge in [0.05, 0.1) is 0 Å². The number of hydrogen-bond acceptors (Lipinski definition) is 0. The number of benzene rings is 2. The third-order valence-electron chi connectivity index (χ3n) is 7.28. The molecule has 0 spiro atoms. The van der Waals surface area contributed by atoms with Crippen molar-refractivity contribution < 1.29 is 4.39 Å². The van der Waals surface area contributed by atoms with Crippen molar-refractivity contribution in [3.05, 3.63) is 92.8 Å². The fourth-order valence-corrected chi connectivity index (χ4v) is 5.76. The predicted molar refractivity (Wildman–Crippen MR) is 116 cm³/mol. The SMILES string of the molecule is CCC1(C)C2=C(C=C3C(=CC2)c2ccc(F)cc2C3(C)C)c2c(Cl)cccc21. The molecule has 2 heteroatoms. The van der Waals surface area contributed by atoms with Crippen LogP contribution >= 0.6 is 11.6 Å². The Morgan fingerprint density at radius 2 is 1.86 bits per heavy atom. The van der Waals surface area contributed by atoms with Crippen LogP contribution in [0.3, 0.4) is 0 Å². The quantitative estimate of drug-likeness (QED) is 0.469. The molecule has 0 saturated carbocycles. The van der Waals surface area contributed by atoms with E-state index in [1.807, 2.05) is 12.1 Å². The molecule has 3 aliphatic rings. The van der Waals surface area contributed by atoms with Crippen molar-refractivity contribution in [1.29, 1.82) is 0 Å². The van der Waals surface area contributed by atoms with Crippen LogP contribution in [0.5, 0.6) is 0 Å². The molecule has 3 aliphatic carbocycles. The van der Waals surface area contributed by atoms with Crippen LogP contribution in [0, 0.1) is 5.82 Å². The Balaban J connectivity index is 1.80. The van der Waals surface area contributed by atoms with Crippen LogP contribution in [0.1, 0.15) is 62.8 Å². The zero-order chi connectivity index (χ0) is 19.8. The second kappa shape index (κ2) is 5.70. The van der Waals surface area contributed by atoms with E-state index in [-0.39, 0.29) is 16.6 Å². The lowest BCUT2D eigenvalue weighted by molar-refractivity contribution is 0.539. The maximum absolute atomic E-state index is 14.0. The first kappa shape index (κ1) is 17.9. The molecule has 28 heavy (non-hydrogen) atoms. The molecule has 5 rings (SSSR count). The van der Waals surface area contributed by atoms with Gasteiger partial charge in [0.25, 0.3) is 0 Å². The highest BCUT2D eigenvalue weighted by molar-refractivity contribution is 6.33. The molecule has 0 N–H and O–H groups in total. The maximum Gasteiger partial charge on any atom is 0.123 e. The van der Waals surface area contributed by atoms with Crippen LogP contribution in [-0.2, 0) is 10.8 Å². The van der Waals surface area contributed by atoms with E-state index in [0.717, 1.165) is 29.0 Å². The molecule has 0 aliphatic heterocycles. The fraction of sp³-hybridized carbons (Fsp3) is 0.308. The van der Waals surface area contributed by atoms with E-state index < -0.39 is 0 Å². The Bertz CT molecular complexity index is 1130. The average molecular weight is 391 g/mol. The Hall–Kier alpha value is -2.12. The molecule has 0 heterocycles. The number of hydrogen-bond donors (Lipinski definition) is 0. The van der Waals surface area contributed by atoms with E-state index in [4.69, 9.17) is 11.6 Å². The minimum atomic E-state index is -0.238. The summed E-state index contributed by atoms with van der Waals surface area (Å²) < 4.78 is 14.0. The summed E-state index contributed by atoms with van der Waals surface area (Å²) in [6.07, 6.45) is 6.63. The van der Waals surface area contributed by atoms with Crippen LogP contribution < -0.4 is 0 Å². The van der Waals surface area contributed by atoms with E-state index in [2.05, 4.69) is 52.0 Å². The van der Waals surface area contributed by atoms with Gasteiger partial charge in [0.1, 0.15) is 5.82 Å². The first-order valence-corrected chi connectivity index (χ1v) is 10.4. The summed E-state index contributed by atoms with van der Waals surface area (Å²) in [5.41, 5.74) is 9.76. The predicted octanol–water partition coefficient (Wildman–Crippen LogP) is 7.62. The van der Waals surface area contributed by atoms with Crippen LogP contribution in [-0.4, -0.2) is 0 Å². The Morgan fingerprint density at radius 3 is 2.61 bits per heavy atom. The minimum Gasteiger partial charge on any atom is -0.207 e. The number of halogens is 2. The lowest BCUT2D eigenvalue weighted by Crippen LogP contribution is -2.21. The second-order valence-electron chi connectivity index (χ2n) is 8.94. The van der Waals surface area contributed by atoms with Crippen molar-refractivity contribution in [2.24, 2.45) is 0 Å². The first-order chi connectivity index (χ1) is 13.3. The van der Waals surface area contributed by atoms with Gasteiger partial charge in [-0.25, -0.2) is 4.39 Å². The van der Waals surface area contributed by atoms with Gasteiger partial charge in [-0.2, -0.15) is 0 Å². The molecule has 0 saturated heterocycles. The molecule has 0 aromatic heterocycles. The molecule has 0 amide bonds. The molecular formula is C26H24ClF. The van der Waals surface area contributed by atoms with Crippen molar-refractivity contribution in [3.8, 4) is 0 Å². The fourth-order valence-electron chi connectivity index (χ4n) is 5.49. The third kappa shape index (κ3) is 2.12. The second-order valence-corrected chi connectivity index (χ2v) is 9.34. The standard InChI is InChI=1S/C26H24ClF/c1-5-26(4)19-12-11-17-16-10-9-15(28)13-21(16)25(2,3)22(17)14-18(19)24-20(26)7-6-8-23(24)27/h6-11,13-14H,5,12H2,1-4H3. The zero-order valence-electron chi connectivity index (χ0n) is 16.8. The van der Waals surface area contributed by atoms with Crippen molar-refractivity contribution in [1.82, 2.24) is 0 Å². The largest absolute Gasteiger partial charge is 0.207 e. The van der Waals surface area contributed by atoms with Gasteiger partial charge in [0, 0.05) is 21.4 Å². The zero-order valence-corrected chi connectivity index (χ0v) is 17.5. The van der Waals surface area contributed by atoms with E-state index >= 15 is 0 Å². The van der Waals surface area contributed by atoms with E-state index in [1.165, 1.54) is 33.4 Å². The molecule has 0 fully saturated rings. The Labute approximate surface area is 171 Å². The Kier molecular flexibility index (Phi) is 3.65. The van der Waals surface area contributed by atoms with Crippen molar-refractivity contribution in [3.63, 3.8) is 0 Å². The lowest BCUT2D eigenvalue weighted by atomic mass is 9.75. The van der Waals surface area contributed by atoms with Gasteiger partial charge in [-0.05, 0) is 76.1 Å². The van der Waals surface area contributed by atoms with E-state index in [1.54, 1.807) is 12.1 Å². The van der Waals surface area contributed by atoms with E-state index in [0.29, 0.717) is 0 Å². The molecule has 1 atom stereocenters. The van der Waals surface area contributed by atoms with Crippen LogP contribution in [0.2, 0.25) is 5.02 Å². The third-order valence-corrected chi connectivity index (χ3v) is 7.60. The van der Waals surface area contributed by atoms with Gasteiger partial charge in [-0.3, -0.25) is 0 Å². The molecular weight excluding hydrogens is 367 g/mol.